The Hall–Kier alpha value is -3.88. The lowest BCUT2D eigenvalue weighted by molar-refractivity contribution is 1.34. The van der Waals surface area contributed by atoms with Crippen molar-refractivity contribution < 1.29 is 0 Å². The highest BCUT2D eigenvalue weighted by molar-refractivity contribution is 5.85. The van der Waals surface area contributed by atoms with Crippen LogP contribution in [0.15, 0.2) is 59.2 Å². The van der Waals surface area contributed by atoms with Crippen molar-refractivity contribution >= 4 is 17.5 Å². The number of benzene rings is 2. The Morgan fingerprint density at radius 1 is 0.917 bits per heavy atom. The first-order chi connectivity index (χ1) is 11.7. The minimum absolute atomic E-state index is 0.0645. The molecule has 0 aliphatic heterocycles. The summed E-state index contributed by atoms with van der Waals surface area (Å²) in [5, 5.41) is 31.0. The molecule has 2 rings (SSSR count). The fourth-order valence-corrected chi connectivity index (χ4v) is 1.95. The van der Waals surface area contributed by atoms with Crippen LogP contribution in [0.4, 0.5) is 5.69 Å². The molecule has 2 aromatic rings. The van der Waals surface area contributed by atoms with Crippen LogP contribution in [0.1, 0.15) is 16.7 Å². The summed E-state index contributed by atoms with van der Waals surface area (Å²) in [5.41, 5.74) is 6.17. The van der Waals surface area contributed by atoms with Crippen molar-refractivity contribution in [2.45, 2.75) is 6.92 Å². The van der Waals surface area contributed by atoms with Gasteiger partial charge in [-0.3, -0.25) is 5.43 Å². The first-order valence-electron chi connectivity index (χ1n) is 7.08. The van der Waals surface area contributed by atoms with Crippen LogP contribution >= 0.6 is 0 Å². The highest BCUT2D eigenvalue weighted by Crippen LogP contribution is 2.20. The van der Waals surface area contributed by atoms with Gasteiger partial charge in [0, 0.05) is 0 Å². The Labute approximate surface area is 140 Å². The zero-order valence-corrected chi connectivity index (χ0v) is 13.0. The number of hydrogen-bond acceptors (Lipinski definition) is 5. The molecule has 0 aliphatic carbocycles. The highest BCUT2D eigenvalue weighted by atomic mass is 15.3. The van der Waals surface area contributed by atoms with Gasteiger partial charge in [0.05, 0.1) is 17.5 Å². The summed E-state index contributed by atoms with van der Waals surface area (Å²) in [6.07, 6.45) is 1.71. The number of nitrogens with one attached hydrogen (secondary N) is 1. The van der Waals surface area contributed by atoms with E-state index < -0.39 is 0 Å². The van der Waals surface area contributed by atoms with Crippen molar-refractivity contribution in [2.24, 2.45) is 5.10 Å². The Morgan fingerprint density at radius 3 is 2.08 bits per heavy atom. The molecule has 0 atom stereocenters. The molecule has 2 aromatic carbocycles. The van der Waals surface area contributed by atoms with E-state index in [0.717, 1.165) is 11.3 Å². The normalized spacial score (nSPS) is 9.58. The SMILES string of the molecule is Cc1ccc(/C=N/Nc2ccc(C(C#N)=C(C#N)C#N)cc2)cc1. The molecule has 0 saturated carbocycles. The molecule has 114 valence electrons. The second-order valence-corrected chi connectivity index (χ2v) is 4.94. The molecule has 5 heteroatoms. The summed E-state index contributed by atoms with van der Waals surface area (Å²) < 4.78 is 0. The zero-order chi connectivity index (χ0) is 17.4. The van der Waals surface area contributed by atoms with Crippen molar-refractivity contribution in [1.82, 2.24) is 0 Å². The number of hydrogen-bond donors (Lipinski definition) is 1. The average molecular weight is 311 g/mol. The molecule has 0 fully saturated rings. The molecule has 0 radical (unpaired) electrons. The standard InChI is InChI=1S/C19H13N5/c1-14-2-4-15(5-3-14)13-23-24-18-8-6-16(7-9-18)19(12-22)17(10-20)11-21/h2-9,13,24H,1H3/b23-13+. The number of nitrogens with zero attached hydrogens (tertiary/aromatic N) is 4. The lowest BCUT2D eigenvalue weighted by atomic mass is 10.0. The topological polar surface area (TPSA) is 95.8 Å². The number of nitriles is 3. The monoisotopic (exact) mass is 311 g/mol. The Balaban J connectivity index is 2.12. The van der Waals surface area contributed by atoms with E-state index in [2.05, 4.69) is 10.5 Å². The van der Waals surface area contributed by atoms with Gasteiger partial charge in [-0.05, 0) is 30.2 Å². The predicted octanol–water partition coefficient (Wildman–Crippen LogP) is 3.77. The smallest absolute Gasteiger partial charge is 0.148 e. The number of anilines is 1. The van der Waals surface area contributed by atoms with Crippen molar-refractivity contribution in [3.05, 3.63) is 70.8 Å². The molecule has 0 unspecified atom stereocenters. The summed E-state index contributed by atoms with van der Waals surface area (Å²) in [5.74, 6) is 0. The molecule has 0 amide bonds. The highest BCUT2D eigenvalue weighted by Gasteiger charge is 2.08. The van der Waals surface area contributed by atoms with Gasteiger partial charge in [0.15, 0.2) is 0 Å². The summed E-state index contributed by atoms with van der Waals surface area (Å²) in [6.45, 7) is 2.02. The molecule has 0 heterocycles. The molecule has 0 aliphatic rings. The van der Waals surface area contributed by atoms with Crippen LogP contribution in [-0.4, -0.2) is 6.21 Å². The third-order valence-electron chi connectivity index (χ3n) is 3.24. The van der Waals surface area contributed by atoms with Crippen LogP contribution in [0.25, 0.3) is 5.57 Å². The van der Waals surface area contributed by atoms with Gasteiger partial charge >= 0.3 is 0 Å². The lowest BCUT2D eigenvalue weighted by Gasteiger charge is -2.03. The maximum absolute atomic E-state index is 9.12. The van der Waals surface area contributed by atoms with Crippen LogP contribution in [0, 0.1) is 40.9 Å². The Bertz CT molecular complexity index is 883. The van der Waals surface area contributed by atoms with Crippen LogP contribution in [0.3, 0.4) is 0 Å². The number of rotatable bonds is 4. The molecule has 5 nitrogen and oxygen atoms in total. The summed E-state index contributed by atoms with van der Waals surface area (Å²) in [7, 11) is 0. The van der Waals surface area contributed by atoms with Crippen molar-refractivity contribution in [1.29, 1.82) is 15.8 Å². The molecule has 0 spiro atoms. The van der Waals surface area contributed by atoms with E-state index in [-0.39, 0.29) is 11.1 Å². The molecular weight excluding hydrogens is 298 g/mol. The minimum atomic E-state index is -0.199. The van der Waals surface area contributed by atoms with Crippen molar-refractivity contribution in [3.63, 3.8) is 0 Å². The maximum Gasteiger partial charge on any atom is 0.148 e. The van der Waals surface area contributed by atoms with Crippen LogP contribution < -0.4 is 5.43 Å². The molecule has 0 bridgehead atoms. The van der Waals surface area contributed by atoms with Crippen molar-refractivity contribution in [2.75, 3.05) is 5.43 Å². The van der Waals surface area contributed by atoms with Crippen LogP contribution in [0.5, 0.6) is 0 Å². The lowest BCUT2D eigenvalue weighted by Crippen LogP contribution is -1.92. The first kappa shape index (κ1) is 16.5. The molecular formula is C19H13N5. The van der Waals surface area contributed by atoms with Gasteiger partial charge < -0.3 is 0 Å². The van der Waals surface area contributed by atoms with Crippen LogP contribution in [0.2, 0.25) is 0 Å². The second kappa shape index (κ2) is 7.94. The summed E-state index contributed by atoms with van der Waals surface area (Å²) in [6, 6.07) is 20.1. The molecule has 0 aromatic heterocycles. The maximum atomic E-state index is 9.12. The number of allylic oxidation sites excluding steroid dienone is 2. The quantitative estimate of drug-likeness (QED) is 0.528. The van der Waals surface area contributed by atoms with Gasteiger partial charge in [0.25, 0.3) is 0 Å². The Kier molecular flexibility index (Phi) is 5.45. The van der Waals surface area contributed by atoms with E-state index in [4.69, 9.17) is 15.8 Å². The van der Waals surface area contributed by atoms with Gasteiger partial charge in [-0.15, -0.1) is 0 Å². The van der Waals surface area contributed by atoms with Crippen molar-refractivity contribution in [3.8, 4) is 18.2 Å². The Morgan fingerprint density at radius 2 is 1.54 bits per heavy atom. The van der Waals surface area contributed by atoms with E-state index in [1.165, 1.54) is 5.56 Å². The third kappa shape index (κ3) is 4.07. The van der Waals surface area contributed by atoms with E-state index in [1.807, 2.05) is 37.3 Å². The van der Waals surface area contributed by atoms with Crippen LogP contribution in [-0.2, 0) is 0 Å². The van der Waals surface area contributed by atoms with Gasteiger partial charge in [-0.2, -0.15) is 20.9 Å². The van der Waals surface area contributed by atoms with Gasteiger partial charge in [-0.1, -0.05) is 42.0 Å². The van der Waals surface area contributed by atoms with E-state index in [1.54, 1.807) is 42.6 Å². The predicted molar refractivity (Wildman–Crippen MR) is 92.6 cm³/mol. The fraction of sp³-hybridized carbons (Fsp3) is 0.0526. The molecule has 1 N–H and O–H groups in total. The van der Waals surface area contributed by atoms with Gasteiger partial charge in [-0.25, -0.2) is 0 Å². The summed E-state index contributed by atoms with van der Waals surface area (Å²) in [4.78, 5) is 0. The molecule has 24 heavy (non-hydrogen) atoms. The number of hydrazone groups is 1. The van der Waals surface area contributed by atoms with Gasteiger partial charge in [0.2, 0.25) is 0 Å². The van der Waals surface area contributed by atoms with E-state index in [9.17, 15) is 0 Å². The second-order valence-electron chi connectivity index (χ2n) is 4.94. The summed E-state index contributed by atoms with van der Waals surface area (Å²) >= 11 is 0. The average Bonchev–Trinajstić information content (AvgIpc) is 2.62. The largest absolute Gasteiger partial charge is 0.279 e. The first-order valence-corrected chi connectivity index (χ1v) is 7.08. The van der Waals surface area contributed by atoms with Gasteiger partial charge in [0.1, 0.15) is 23.8 Å². The number of aryl methyl sites for hydroxylation is 1. The fourth-order valence-electron chi connectivity index (χ4n) is 1.95. The minimum Gasteiger partial charge on any atom is -0.279 e. The van der Waals surface area contributed by atoms with E-state index >= 15 is 0 Å². The molecule has 0 saturated heterocycles. The zero-order valence-electron chi connectivity index (χ0n) is 13.0. The van der Waals surface area contributed by atoms with E-state index in [0.29, 0.717) is 5.56 Å². The third-order valence-corrected chi connectivity index (χ3v) is 3.24.